The van der Waals surface area contributed by atoms with Crippen molar-refractivity contribution in [2.45, 2.75) is 13.0 Å². The highest BCUT2D eigenvalue weighted by molar-refractivity contribution is 9.13. The fourth-order valence-electron chi connectivity index (χ4n) is 0.619. The van der Waals surface area contributed by atoms with E-state index in [4.69, 9.17) is 0 Å². The topological polar surface area (TPSA) is 17.8 Å². The number of rotatable bonds is 2. The minimum absolute atomic E-state index is 0.334. The highest BCUT2D eigenvalue weighted by atomic mass is 79.9. The van der Waals surface area contributed by atoms with Crippen molar-refractivity contribution < 1.29 is 8.78 Å². The first-order chi connectivity index (χ1) is 5.11. The predicted molar refractivity (Wildman–Crippen MR) is 43.6 cm³/mol. The van der Waals surface area contributed by atoms with Crippen LogP contribution in [0.5, 0.6) is 0 Å². The zero-order valence-corrected chi connectivity index (χ0v) is 8.44. The minimum atomic E-state index is -2.35. The van der Waals surface area contributed by atoms with Crippen LogP contribution in [-0.2, 0) is 6.54 Å². The Labute approximate surface area is 78.9 Å². The summed E-state index contributed by atoms with van der Waals surface area (Å²) in [6, 6.07) is 0. The van der Waals surface area contributed by atoms with Crippen molar-refractivity contribution in [3.63, 3.8) is 0 Å². The van der Waals surface area contributed by atoms with Crippen LogP contribution in [0.25, 0.3) is 0 Å². The van der Waals surface area contributed by atoms with Crippen molar-refractivity contribution >= 4 is 31.9 Å². The molecule has 0 aliphatic heterocycles. The largest absolute Gasteiger partial charge is 0.319 e. The molecule has 0 N–H and O–H groups in total. The van der Waals surface area contributed by atoms with E-state index in [2.05, 4.69) is 36.8 Å². The number of hydrogen-bond donors (Lipinski definition) is 0. The molecule has 0 aliphatic rings. The Morgan fingerprint density at radius 1 is 1.55 bits per heavy atom. The van der Waals surface area contributed by atoms with E-state index in [1.165, 1.54) is 10.9 Å². The summed E-state index contributed by atoms with van der Waals surface area (Å²) >= 11 is 6.18. The molecule has 0 atom stereocenters. The summed E-state index contributed by atoms with van der Waals surface area (Å²) in [6.07, 6.45) is -1.01. The van der Waals surface area contributed by atoms with Gasteiger partial charge in [0.1, 0.15) is 9.21 Å². The van der Waals surface area contributed by atoms with Gasteiger partial charge in [0.05, 0.1) is 12.9 Å². The molecule has 0 spiro atoms. The number of nitrogens with zero attached hydrogens (tertiary/aromatic N) is 2. The third-order valence-electron chi connectivity index (χ3n) is 1.07. The first-order valence-corrected chi connectivity index (χ1v) is 4.34. The molecule has 0 unspecified atom stereocenters. The van der Waals surface area contributed by atoms with Crippen molar-refractivity contribution in [2.75, 3.05) is 0 Å². The number of halogens is 4. The molecule has 62 valence electrons. The van der Waals surface area contributed by atoms with Crippen molar-refractivity contribution in [1.82, 2.24) is 9.55 Å². The average molecular weight is 290 g/mol. The zero-order valence-electron chi connectivity index (χ0n) is 5.27. The fourth-order valence-corrected chi connectivity index (χ4v) is 1.28. The predicted octanol–water partition coefficient (Wildman–Crippen LogP) is 2.67. The Balaban J connectivity index is 2.79. The maximum atomic E-state index is 11.8. The lowest BCUT2D eigenvalue weighted by molar-refractivity contribution is 0.126. The number of hydrogen-bond acceptors (Lipinski definition) is 1. The first-order valence-electron chi connectivity index (χ1n) is 2.75. The van der Waals surface area contributed by atoms with Crippen LogP contribution in [0.4, 0.5) is 8.78 Å². The van der Waals surface area contributed by atoms with E-state index in [9.17, 15) is 8.78 Å². The van der Waals surface area contributed by atoms with E-state index < -0.39 is 6.43 Å². The molecule has 6 heteroatoms. The van der Waals surface area contributed by atoms with Gasteiger partial charge < -0.3 is 4.57 Å². The van der Waals surface area contributed by atoms with Gasteiger partial charge in [-0.05, 0) is 31.9 Å². The van der Waals surface area contributed by atoms with Gasteiger partial charge in [0.2, 0.25) is 0 Å². The highest BCUT2D eigenvalue weighted by Gasteiger charge is 2.09. The molecule has 11 heavy (non-hydrogen) atoms. The molecule has 0 radical (unpaired) electrons. The van der Waals surface area contributed by atoms with Crippen molar-refractivity contribution in [1.29, 1.82) is 0 Å². The van der Waals surface area contributed by atoms with Crippen molar-refractivity contribution in [3.8, 4) is 0 Å². The lowest BCUT2D eigenvalue weighted by atomic mass is 10.6. The second-order valence-corrected chi connectivity index (χ2v) is 3.37. The van der Waals surface area contributed by atoms with E-state index in [1.54, 1.807) is 0 Å². The molecule has 2 nitrogen and oxygen atoms in total. The quantitative estimate of drug-likeness (QED) is 0.818. The fraction of sp³-hybridized carbons (Fsp3) is 0.400. The van der Waals surface area contributed by atoms with Crippen LogP contribution >= 0.6 is 31.9 Å². The summed E-state index contributed by atoms with van der Waals surface area (Å²) in [6.45, 7) is -0.334. The standard InChI is InChI=1S/C5H4Br2F2N2/c6-4-5(7)11(2-10-4)1-3(8)9/h2-3H,1H2. The van der Waals surface area contributed by atoms with Gasteiger partial charge in [0.15, 0.2) is 0 Å². The number of imidazole rings is 1. The van der Waals surface area contributed by atoms with Gasteiger partial charge in [-0.25, -0.2) is 13.8 Å². The second-order valence-electron chi connectivity index (χ2n) is 1.87. The lowest BCUT2D eigenvalue weighted by Gasteiger charge is -2.00. The second kappa shape index (κ2) is 3.62. The average Bonchev–Trinajstić information content (AvgIpc) is 2.18. The van der Waals surface area contributed by atoms with Crippen LogP contribution in [0.1, 0.15) is 0 Å². The van der Waals surface area contributed by atoms with Crippen LogP contribution in [0, 0.1) is 0 Å². The zero-order chi connectivity index (χ0) is 8.43. The van der Waals surface area contributed by atoms with Gasteiger partial charge in [0.25, 0.3) is 6.43 Å². The summed E-state index contributed by atoms with van der Waals surface area (Å²) in [4.78, 5) is 3.77. The van der Waals surface area contributed by atoms with E-state index in [0.29, 0.717) is 9.21 Å². The van der Waals surface area contributed by atoms with Crippen LogP contribution in [0.2, 0.25) is 0 Å². The molecular formula is C5H4Br2F2N2. The molecular weight excluding hydrogens is 286 g/mol. The normalized spacial score (nSPS) is 11.0. The minimum Gasteiger partial charge on any atom is -0.319 e. The molecule has 0 bridgehead atoms. The van der Waals surface area contributed by atoms with Crippen molar-refractivity contribution in [2.24, 2.45) is 0 Å². The van der Waals surface area contributed by atoms with E-state index in [-0.39, 0.29) is 6.54 Å². The maximum Gasteiger partial charge on any atom is 0.256 e. The molecule has 0 amide bonds. The molecule has 0 aromatic carbocycles. The monoisotopic (exact) mass is 288 g/mol. The summed E-state index contributed by atoms with van der Waals surface area (Å²) < 4.78 is 26.1. The van der Waals surface area contributed by atoms with Gasteiger partial charge >= 0.3 is 0 Å². The van der Waals surface area contributed by atoms with Gasteiger partial charge in [-0.15, -0.1) is 0 Å². The molecule has 0 saturated carbocycles. The van der Waals surface area contributed by atoms with Crippen LogP contribution in [-0.4, -0.2) is 16.0 Å². The summed E-state index contributed by atoms with van der Waals surface area (Å²) in [5.74, 6) is 0. The van der Waals surface area contributed by atoms with Gasteiger partial charge in [0, 0.05) is 0 Å². The molecule has 0 fully saturated rings. The molecule has 1 rings (SSSR count). The molecule has 1 aromatic rings. The SMILES string of the molecule is FC(F)Cn1cnc(Br)c1Br. The van der Waals surface area contributed by atoms with E-state index in [1.807, 2.05) is 0 Å². The van der Waals surface area contributed by atoms with Crippen molar-refractivity contribution in [3.05, 3.63) is 15.5 Å². The Hall–Kier alpha value is 0.0300. The van der Waals surface area contributed by atoms with Crippen LogP contribution in [0.15, 0.2) is 15.5 Å². The molecule has 1 aromatic heterocycles. The highest BCUT2D eigenvalue weighted by Crippen LogP contribution is 2.21. The van der Waals surface area contributed by atoms with Gasteiger partial charge in [-0.1, -0.05) is 0 Å². The van der Waals surface area contributed by atoms with Crippen LogP contribution in [0.3, 0.4) is 0 Å². The summed E-state index contributed by atoms with van der Waals surface area (Å²) in [7, 11) is 0. The Morgan fingerprint density at radius 2 is 2.18 bits per heavy atom. The van der Waals surface area contributed by atoms with Gasteiger partial charge in [-0.3, -0.25) is 0 Å². The smallest absolute Gasteiger partial charge is 0.256 e. The van der Waals surface area contributed by atoms with E-state index in [0.717, 1.165) is 0 Å². The first kappa shape index (κ1) is 9.12. The Kier molecular flexibility index (Phi) is 3.00. The number of alkyl halides is 2. The Bertz CT molecular complexity index is 249. The maximum absolute atomic E-state index is 11.8. The molecule has 1 heterocycles. The Morgan fingerprint density at radius 3 is 2.55 bits per heavy atom. The van der Waals surface area contributed by atoms with Crippen LogP contribution < -0.4 is 0 Å². The number of aromatic nitrogens is 2. The third kappa shape index (κ3) is 2.23. The third-order valence-corrected chi connectivity index (χ3v) is 3.01. The summed E-state index contributed by atoms with van der Waals surface area (Å²) in [5.41, 5.74) is 0. The summed E-state index contributed by atoms with van der Waals surface area (Å²) in [5, 5.41) is 0. The molecule has 0 saturated heterocycles. The lowest BCUT2D eigenvalue weighted by Crippen LogP contribution is -2.05. The van der Waals surface area contributed by atoms with E-state index >= 15 is 0 Å². The van der Waals surface area contributed by atoms with Gasteiger partial charge in [-0.2, -0.15) is 0 Å². The molecule has 0 aliphatic carbocycles.